The third-order valence-corrected chi connectivity index (χ3v) is 6.13. The molecule has 0 radical (unpaired) electrons. The van der Waals surface area contributed by atoms with Gasteiger partial charge in [0.1, 0.15) is 0 Å². The largest absolute Gasteiger partial charge is 0.376 e. The molecule has 0 aromatic carbocycles. The van der Waals surface area contributed by atoms with Crippen LogP contribution in [-0.2, 0) is 9.47 Å². The zero-order valence-corrected chi connectivity index (χ0v) is 20.4. The average molecular weight is 508 g/mol. The summed E-state index contributed by atoms with van der Waals surface area (Å²) in [6.07, 6.45) is 9.22. The lowest BCUT2D eigenvalue weighted by atomic mass is 10.1. The fourth-order valence-electron chi connectivity index (χ4n) is 4.24. The van der Waals surface area contributed by atoms with Gasteiger partial charge in [-0.15, -0.1) is 24.0 Å². The van der Waals surface area contributed by atoms with Gasteiger partial charge in [0.05, 0.1) is 25.4 Å². The number of piperidine rings is 1. The van der Waals surface area contributed by atoms with E-state index in [0.29, 0.717) is 18.2 Å². The Bertz CT molecular complexity index is 457. The summed E-state index contributed by atoms with van der Waals surface area (Å²) in [6, 6.07) is 0.579. The van der Waals surface area contributed by atoms with Gasteiger partial charge in [-0.25, -0.2) is 0 Å². The van der Waals surface area contributed by atoms with Gasteiger partial charge in [-0.1, -0.05) is 0 Å². The first-order chi connectivity index (χ1) is 13.2. The minimum absolute atomic E-state index is 0. The normalized spacial score (nSPS) is 25.5. The molecule has 6 nitrogen and oxygen atoms in total. The highest BCUT2D eigenvalue weighted by Gasteiger charge is 2.32. The summed E-state index contributed by atoms with van der Waals surface area (Å²) in [6.45, 7) is 7.70. The Hall–Kier alpha value is -0.120. The number of guanidine groups is 1. The summed E-state index contributed by atoms with van der Waals surface area (Å²) in [7, 11) is 4.37. The molecule has 28 heavy (non-hydrogen) atoms. The van der Waals surface area contributed by atoms with Crippen molar-refractivity contribution in [1.29, 1.82) is 0 Å². The van der Waals surface area contributed by atoms with Crippen LogP contribution in [0.15, 0.2) is 4.99 Å². The van der Waals surface area contributed by atoms with Crippen molar-refractivity contribution >= 4 is 29.9 Å². The van der Waals surface area contributed by atoms with Gasteiger partial charge >= 0.3 is 0 Å². The number of rotatable bonds is 8. The Labute approximate surface area is 188 Å². The Kier molecular flexibility index (Phi) is 10.8. The first kappa shape index (κ1) is 24.2. The number of nitrogens with one attached hydrogen (secondary N) is 1. The molecule has 0 spiro atoms. The van der Waals surface area contributed by atoms with Crippen molar-refractivity contribution < 1.29 is 9.47 Å². The maximum atomic E-state index is 6.16. The Balaban J connectivity index is 0.00000280. The zero-order chi connectivity index (χ0) is 19.1. The number of ether oxygens (including phenoxy) is 2. The van der Waals surface area contributed by atoms with Crippen LogP contribution in [0.3, 0.4) is 0 Å². The van der Waals surface area contributed by atoms with Crippen LogP contribution < -0.4 is 5.32 Å². The summed E-state index contributed by atoms with van der Waals surface area (Å²) < 4.78 is 12.0. The van der Waals surface area contributed by atoms with Crippen LogP contribution in [0.4, 0.5) is 0 Å². The highest BCUT2D eigenvalue weighted by molar-refractivity contribution is 14.0. The van der Waals surface area contributed by atoms with Gasteiger partial charge in [-0.05, 0) is 71.9 Å². The smallest absolute Gasteiger partial charge is 0.193 e. The van der Waals surface area contributed by atoms with E-state index in [1.165, 1.54) is 25.7 Å². The Morgan fingerprint density at radius 2 is 1.93 bits per heavy atom. The molecule has 2 saturated heterocycles. The standard InChI is InChI=1S/C21H40N4O2.HI/c1-4-22-21(23-15-20(24(2)3)17-8-9-17)25-12-10-18(11-13-25)27-16-19-7-5-6-14-26-19;/h17-20H,4-16H2,1-3H3,(H,22,23);1H. The Morgan fingerprint density at radius 3 is 2.50 bits per heavy atom. The van der Waals surface area contributed by atoms with Gasteiger partial charge in [0, 0.05) is 32.3 Å². The quantitative estimate of drug-likeness (QED) is 0.311. The lowest BCUT2D eigenvalue weighted by Crippen LogP contribution is -2.48. The molecule has 3 fully saturated rings. The molecule has 1 N–H and O–H groups in total. The molecule has 0 aromatic heterocycles. The van der Waals surface area contributed by atoms with Crippen LogP contribution in [-0.4, -0.2) is 87.5 Å². The first-order valence-electron chi connectivity index (χ1n) is 11.1. The zero-order valence-electron chi connectivity index (χ0n) is 18.1. The van der Waals surface area contributed by atoms with E-state index in [4.69, 9.17) is 14.5 Å². The maximum absolute atomic E-state index is 6.16. The van der Waals surface area contributed by atoms with E-state index in [-0.39, 0.29) is 24.0 Å². The third kappa shape index (κ3) is 7.61. The van der Waals surface area contributed by atoms with Crippen LogP contribution in [0.1, 0.15) is 51.9 Å². The molecular weight excluding hydrogens is 467 g/mol. The van der Waals surface area contributed by atoms with Crippen molar-refractivity contribution in [1.82, 2.24) is 15.1 Å². The topological polar surface area (TPSA) is 49.3 Å². The highest BCUT2D eigenvalue weighted by atomic mass is 127. The van der Waals surface area contributed by atoms with E-state index in [1.807, 2.05) is 0 Å². The molecule has 0 amide bonds. The van der Waals surface area contributed by atoms with Crippen molar-refractivity contribution in [3.8, 4) is 0 Å². The van der Waals surface area contributed by atoms with E-state index in [9.17, 15) is 0 Å². The molecule has 3 aliphatic rings. The molecule has 7 heteroatoms. The minimum Gasteiger partial charge on any atom is -0.376 e. The summed E-state index contributed by atoms with van der Waals surface area (Å²) in [5.74, 6) is 1.92. The number of halogens is 1. The number of hydrogen-bond acceptors (Lipinski definition) is 4. The van der Waals surface area contributed by atoms with Crippen molar-refractivity contribution in [2.75, 3.05) is 53.5 Å². The van der Waals surface area contributed by atoms with Crippen LogP contribution in [0.2, 0.25) is 0 Å². The molecule has 0 bridgehead atoms. The van der Waals surface area contributed by atoms with E-state index < -0.39 is 0 Å². The molecule has 2 unspecified atom stereocenters. The lowest BCUT2D eigenvalue weighted by Gasteiger charge is -2.35. The predicted molar refractivity (Wildman–Crippen MR) is 126 cm³/mol. The molecule has 0 aromatic rings. The van der Waals surface area contributed by atoms with Gasteiger partial charge in [0.25, 0.3) is 0 Å². The summed E-state index contributed by atoms with van der Waals surface area (Å²) >= 11 is 0. The van der Waals surface area contributed by atoms with E-state index in [0.717, 1.165) is 70.5 Å². The van der Waals surface area contributed by atoms with Crippen LogP contribution >= 0.6 is 24.0 Å². The number of nitrogens with zero attached hydrogens (tertiary/aromatic N) is 3. The fourth-order valence-corrected chi connectivity index (χ4v) is 4.24. The van der Waals surface area contributed by atoms with Crippen LogP contribution in [0.5, 0.6) is 0 Å². The second-order valence-corrected chi connectivity index (χ2v) is 8.57. The van der Waals surface area contributed by atoms with Crippen LogP contribution in [0, 0.1) is 5.92 Å². The molecule has 2 heterocycles. The summed E-state index contributed by atoms with van der Waals surface area (Å²) in [5.41, 5.74) is 0. The molecule has 2 atom stereocenters. The van der Waals surface area contributed by atoms with Gasteiger partial charge in [-0.3, -0.25) is 4.99 Å². The van der Waals surface area contributed by atoms with E-state index in [2.05, 4.69) is 36.1 Å². The Morgan fingerprint density at radius 1 is 1.18 bits per heavy atom. The molecule has 2 aliphatic heterocycles. The van der Waals surface area contributed by atoms with Gasteiger partial charge in [-0.2, -0.15) is 0 Å². The van der Waals surface area contributed by atoms with Crippen molar-refractivity contribution in [2.45, 2.75) is 70.1 Å². The number of likely N-dealkylation sites (tertiary alicyclic amines) is 1. The van der Waals surface area contributed by atoms with Gasteiger partial charge in [0.2, 0.25) is 0 Å². The van der Waals surface area contributed by atoms with E-state index >= 15 is 0 Å². The number of likely N-dealkylation sites (N-methyl/N-ethyl adjacent to an activating group) is 1. The van der Waals surface area contributed by atoms with Crippen molar-refractivity contribution in [2.24, 2.45) is 10.9 Å². The second-order valence-electron chi connectivity index (χ2n) is 8.57. The van der Waals surface area contributed by atoms with Crippen LogP contribution in [0.25, 0.3) is 0 Å². The highest BCUT2D eigenvalue weighted by Crippen LogP contribution is 2.34. The summed E-state index contributed by atoms with van der Waals surface area (Å²) in [5, 5.41) is 3.50. The van der Waals surface area contributed by atoms with Gasteiger partial charge < -0.3 is 24.6 Å². The first-order valence-corrected chi connectivity index (χ1v) is 11.1. The minimum atomic E-state index is 0. The third-order valence-electron chi connectivity index (χ3n) is 6.13. The fraction of sp³-hybridized carbons (Fsp3) is 0.952. The second kappa shape index (κ2) is 12.5. The monoisotopic (exact) mass is 508 g/mol. The average Bonchev–Trinajstić information content (AvgIpc) is 3.52. The molecule has 164 valence electrons. The lowest BCUT2D eigenvalue weighted by molar-refractivity contribution is -0.0721. The number of aliphatic imine (C=N–C) groups is 1. The SMILES string of the molecule is CCNC(=NCC(C1CC1)N(C)C)N1CCC(OCC2CCCCO2)CC1.I. The van der Waals surface area contributed by atoms with Crippen molar-refractivity contribution in [3.05, 3.63) is 0 Å². The van der Waals surface area contributed by atoms with E-state index in [1.54, 1.807) is 0 Å². The maximum Gasteiger partial charge on any atom is 0.193 e. The van der Waals surface area contributed by atoms with Gasteiger partial charge in [0.15, 0.2) is 5.96 Å². The predicted octanol–water partition coefficient (Wildman–Crippen LogP) is 2.96. The number of hydrogen-bond donors (Lipinski definition) is 1. The summed E-state index contributed by atoms with van der Waals surface area (Å²) in [4.78, 5) is 9.76. The molecule has 1 saturated carbocycles. The molecule has 1 aliphatic carbocycles. The van der Waals surface area contributed by atoms with Crippen molar-refractivity contribution in [3.63, 3.8) is 0 Å². The molecule has 3 rings (SSSR count). The molecular formula is C21H41IN4O2.